The Morgan fingerprint density at radius 1 is 1.17 bits per heavy atom. The summed E-state index contributed by atoms with van der Waals surface area (Å²) in [6.45, 7) is 2.52. The summed E-state index contributed by atoms with van der Waals surface area (Å²) in [6.07, 6.45) is 0.503. The predicted octanol–water partition coefficient (Wildman–Crippen LogP) is 2.41. The Morgan fingerprint density at radius 3 is 2.70 bits per heavy atom. The largest absolute Gasteiger partial charge is 0.489 e. The van der Waals surface area contributed by atoms with Gasteiger partial charge in [-0.1, -0.05) is 18.2 Å². The lowest BCUT2D eigenvalue weighted by molar-refractivity contribution is -0.110. The highest BCUT2D eigenvalue weighted by atomic mass is 32.2. The first-order valence-corrected chi connectivity index (χ1v) is 11.1. The fraction of sp³-hybridized carbons (Fsp3) is 0.273. The Balaban J connectivity index is 1.50. The van der Waals surface area contributed by atoms with Crippen molar-refractivity contribution in [3.63, 3.8) is 0 Å². The van der Waals surface area contributed by atoms with Gasteiger partial charge in [-0.2, -0.15) is 0 Å². The minimum Gasteiger partial charge on any atom is -0.489 e. The van der Waals surface area contributed by atoms with E-state index in [1.807, 2.05) is 37.3 Å². The number of sulfone groups is 1. The topological polar surface area (TPSA) is 94.6 Å². The summed E-state index contributed by atoms with van der Waals surface area (Å²) in [5, 5.41) is 2.75. The summed E-state index contributed by atoms with van der Waals surface area (Å²) in [7, 11) is -3.64. The molecule has 0 spiro atoms. The van der Waals surface area contributed by atoms with Gasteiger partial charge in [0.25, 0.3) is 0 Å². The Morgan fingerprint density at radius 2 is 1.93 bits per heavy atom. The van der Waals surface area contributed by atoms with Gasteiger partial charge in [0.2, 0.25) is 6.41 Å². The molecular weight excluding hydrogens is 404 g/mol. The molecule has 1 aromatic heterocycles. The van der Waals surface area contributed by atoms with Crippen LogP contribution in [0.15, 0.2) is 59.5 Å². The minimum absolute atomic E-state index is 0.0561. The molecule has 156 valence electrons. The number of ether oxygens (including phenoxy) is 2. The number of fused-ring (bicyclic) bond motifs is 1. The third-order valence-corrected chi connectivity index (χ3v) is 7.38. The summed E-state index contributed by atoms with van der Waals surface area (Å²) in [4.78, 5) is 15.4. The van der Waals surface area contributed by atoms with Gasteiger partial charge in [-0.05, 0) is 43.3 Å². The number of nitrogens with one attached hydrogen (secondary N) is 1. The van der Waals surface area contributed by atoms with Crippen LogP contribution >= 0.6 is 0 Å². The predicted molar refractivity (Wildman–Crippen MR) is 112 cm³/mol. The van der Waals surface area contributed by atoms with Crippen molar-refractivity contribution in [2.45, 2.75) is 29.7 Å². The highest BCUT2D eigenvalue weighted by Gasteiger charge is 2.39. The number of pyridine rings is 1. The van der Waals surface area contributed by atoms with Crippen LogP contribution in [0, 0.1) is 6.92 Å². The van der Waals surface area contributed by atoms with Gasteiger partial charge in [-0.15, -0.1) is 0 Å². The molecule has 0 radical (unpaired) electrons. The van der Waals surface area contributed by atoms with Gasteiger partial charge in [0.1, 0.15) is 17.6 Å². The molecule has 4 rings (SSSR count). The summed E-state index contributed by atoms with van der Waals surface area (Å²) < 4.78 is 37.0. The minimum atomic E-state index is -3.64. The van der Waals surface area contributed by atoms with Crippen LogP contribution in [0.4, 0.5) is 0 Å². The number of carbonyl (C=O) groups is 1. The molecule has 2 heterocycles. The van der Waals surface area contributed by atoms with Crippen LogP contribution in [-0.2, 0) is 26.0 Å². The highest BCUT2D eigenvalue weighted by Crippen LogP contribution is 2.26. The van der Waals surface area contributed by atoms with Crippen molar-refractivity contribution in [3.05, 3.63) is 65.9 Å². The molecule has 0 aliphatic carbocycles. The number of para-hydroxylation sites is 1. The van der Waals surface area contributed by atoms with E-state index in [9.17, 15) is 13.2 Å². The maximum Gasteiger partial charge on any atom is 0.207 e. The molecule has 7 nitrogen and oxygen atoms in total. The summed E-state index contributed by atoms with van der Waals surface area (Å²) in [5.74, 6) is 0.567. The Kier molecular flexibility index (Phi) is 5.69. The summed E-state index contributed by atoms with van der Waals surface area (Å²) in [5.41, 5.74) is 2.83. The van der Waals surface area contributed by atoms with Gasteiger partial charge >= 0.3 is 0 Å². The molecule has 3 aromatic rings. The molecule has 1 aliphatic rings. The molecule has 2 aromatic carbocycles. The molecule has 2 atom stereocenters. The van der Waals surface area contributed by atoms with Crippen molar-refractivity contribution in [2.75, 3.05) is 13.2 Å². The van der Waals surface area contributed by atoms with Crippen LogP contribution in [0.2, 0.25) is 0 Å². The number of benzene rings is 2. The number of amides is 1. The van der Waals surface area contributed by atoms with Crippen molar-refractivity contribution in [1.29, 1.82) is 0 Å². The van der Waals surface area contributed by atoms with E-state index in [0.29, 0.717) is 18.8 Å². The summed E-state index contributed by atoms with van der Waals surface area (Å²) >= 11 is 0. The number of hydrogen-bond acceptors (Lipinski definition) is 6. The highest BCUT2D eigenvalue weighted by molar-refractivity contribution is 7.92. The molecule has 0 bridgehead atoms. The molecule has 8 heteroatoms. The molecule has 1 amide bonds. The average Bonchev–Trinajstić information content (AvgIpc) is 3.22. The lowest BCUT2D eigenvalue weighted by Gasteiger charge is -2.17. The molecule has 0 saturated carbocycles. The normalized spacial score (nSPS) is 19.0. The average molecular weight is 426 g/mol. The number of rotatable bonds is 7. The van der Waals surface area contributed by atoms with E-state index in [0.717, 1.165) is 22.2 Å². The first-order chi connectivity index (χ1) is 14.5. The van der Waals surface area contributed by atoms with Crippen LogP contribution in [-0.4, -0.2) is 44.3 Å². The Bertz CT molecular complexity index is 1160. The lowest BCUT2D eigenvalue weighted by atomic mass is 10.1. The van der Waals surface area contributed by atoms with E-state index in [-0.39, 0.29) is 18.1 Å². The number of hydrogen-bond donors (Lipinski definition) is 1. The van der Waals surface area contributed by atoms with Crippen molar-refractivity contribution < 1.29 is 22.7 Å². The van der Waals surface area contributed by atoms with Crippen LogP contribution in [0.3, 0.4) is 0 Å². The third-order valence-electron chi connectivity index (χ3n) is 5.19. The van der Waals surface area contributed by atoms with Crippen LogP contribution < -0.4 is 10.1 Å². The monoisotopic (exact) mass is 426 g/mol. The number of aromatic nitrogens is 1. The SMILES string of the molecule is Cc1cc(COc2ccc(S(=O)(=O)C3COCC3NC=O)cc2)c2ccccc2n1. The molecule has 30 heavy (non-hydrogen) atoms. The van der Waals surface area contributed by atoms with Crippen molar-refractivity contribution in [1.82, 2.24) is 10.3 Å². The van der Waals surface area contributed by atoms with E-state index in [2.05, 4.69) is 10.3 Å². The van der Waals surface area contributed by atoms with Gasteiger partial charge in [0, 0.05) is 16.6 Å². The second-order valence-corrected chi connectivity index (χ2v) is 9.38. The Labute approximate surface area is 175 Å². The van der Waals surface area contributed by atoms with Crippen molar-refractivity contribution >= 4 is 27.2 Å². The van der Waals surface area contributed by atoms with E-state index in [1.54, 1.807) is 12.1 Å². The number of aryl methyl sites for hydroxylation is 1. The molecule has 2 unspecified atom stereocenters. The molecule has 1 aliphatic heterocycles. The first kappa shape index (κ1) is 20.3. The van der Waals surface area contributed by atoms with Gasteiger partial charge in [-0.25, -0.2) is 8.42 Å². The van der Waals surface area contributed by atoms with Crippen molar-refractivity contribution in [2.24, 2.45) is 0 Å². The van der Waals surface area contributed by atoms with Gasteiger partial charge in [0.15, 0.2) is 9.84 Å². The van der Waals surface area contributed by atoms with E-state index >= 15 is 0 Å². The maximum atomic E-state index is 12.9. The smallest absolute Gasteiger partial charge is 0.207 e. The zero-order valence-corrected chi connectivity index (χ0v) is 17.3. The molecule has 1 N–H and O–H groups in total. The number of carbonyl (C=O) groups excluding carboxylic acids is 1. The summed E-state index contributed by atoms with van der Waals surface area (Å²) in [6, 6.07) is 15.6. The zero-order chi connectivity index (χ0) is 21.1. The number of nitrogens with zero attached hydrogens (tertiary/aromatic N) is 1. The maximum absolute atomic E-state index is 12.9. The second-order valence-electron chi connectivity index (χ2n) is 7.21. The zero-order valence-electron chi connectivity index (χ0n) is 16.4. The standard InChI is InChI=1S/C22H22N2O5S/c1-15-10-16(19-4-2-3-5-20(19)24-15)11-29-17-6-8-18(9-7-17)30(26,27)22-13-28-12-21(22)23-14-25/h2-10,14,21-22H,11-13H2,1H3,(H,23,25). The van der Waals surface area contributed by atoms with Crippen molar-refractivity contribution in [3.8, 4) is 5.75 Å². The molecule has 1 fully saturated rings. The third kappa shape index (κ3) is 4.01. The fourth-order valence-corrected chi connectivity index (χ4v) is 5.39. The molecular formula is C22H22N2O5S. The van der Waals surface area contributed by atoms with Crippen LogP contribution in [0.25, 0.3) is 10.9 Å². The van der Waals surface area contributed by atoms with E-state index in [1.165, 1.54) is 12.1 Å². The van der Waals surface area contributed by atoms with E-state index in [4.69, 9.17) is 9.47 Å². The fourth-order valence-electron chi connectivity index (χ4n) is 3.66. The Hall–Kier alpha value is -2.97. The van der Waals surface area contributed by atoms with Gasteiger partial charge < -0.3 is 14.8 Å². The quantitative estimate of drug-likeness (QED) is 0.583. The van der Waals surface area contributed by atoms with Crippen LogP contribution in [0.5, 0.6) is 5.75 Å². The van der Waals surface area contributed by atoms with Gasteiger partial charge in [0.05, 0.1) is 29.7 Å². The lowest BCUT2D eigenvalue weighted by Crippen LogP contribution is -2.42. The molecule has 1 saturated heterocycles. The second kappa shape index (κ2) is 8.41. The first-order valence-electron chi connectivity index (χ1n) is 9.58. The van der Waals surface area contributed by atoms with Gasteiger partial charge in [-0.3, -0.25) is 9.78 Å². The van der Waals surface area contributed by atoms with Crippen LogP contribution in [0.1, 0.15) is 11.3 Å². The van der Waals surface area contributed by atoms with E-state index < -0.39 is 21.1 Å².